The van der Waals surface area contributed by atoms with Crippen LogP contribution in [0.4, 0.5) is 0 Å². The van der Waals surface area contributed by atoms with E-state index in [0.29, 0.717) is 18.5 Å². The van der Waals surface area contributed by atoms with Crippen LogP contribution in [0.1, 0.15) is 21.5 Å². The van der Waals surface area contributed by atoms with Gasteiger partial charge < -0.3 is 10.6 Å². The highest BCUT2D eigenvalue weighted by molar-refractivity contribution is 6.03. The first-order chi connectivity index (χ1) is 14.7. The second-order valence-electron chi connectivity index (χ2n) is 6.66. The van der Waals surface area contributed by atoms with Crippen molar-refractivity contribution >= 4 is 17.9 Å². The van der Waals surface area contributed by atoms with Crippen molar-refractivity contribution in [3.8, 4) is 0 Å². The largest absolute Gasteiger partial charge is 0.350 e. The normalized spacial score (nSPS) is 11.3. The van der Waals surface area contributed by atoms with Gasteiger partial charge in [0.25, 0.3) is 11.8 Å². The van der Waals surface area contributed by atoms with Crippen molar-refractivity contribution in [3.05, 3.63) is 126 Å². The number of nitrogens with one attached hydrogen (secondary N) is 2. The fraction of sp³-hybridized carbons (Fsp3) is 0.0769. The average Bonchev–Trinajstić information content (AvgIpc) is 2.80. The second-order valence-corrected chi connectivity index (χ2v) is 6.66. The molecular weight excluding hydrogens is 372 g/mol. The minimum atomic E-state index is -0.326. The Kier molecular flexibility index (Phi) is 7.75. The van der Waals surface area contributed by atoms with E-state index in [9.17, 15) is 9.59 Å². The Morgan fingerprint density at radius 1 is 0.767 bits per heavy atom. The van der Waals surface area contributed by atoms with Crippen molar-refractivity contribution in [1.82, 2.24) is 10.6 Å². The van der Waals surface area contributed by atoms with E-state index >= 15 is 0 Å². The van der Waals surface area contributed by atoms with Gasteiger partial charge in [-0.3, -0.25) is 9.59 Å². The molecule has 4 nitrogen and oxygen atoms in total. The van der Waals surface area contributed by atoms with Gasteiger partial charge >= 0.3 is 0 Å². The third-order valence-corrected chi connectivity index (χ3v) is 4.42. The summed E-state index contributed by atoms with van der Waals surface area (Å²) >= 11 is 0. The van der Waals surface area contributed by atoms with Gasteiger partial charge in [-0.1, -0.05) is 91.0 Å². The SMILES string of the molecule is O=C(NCCc1ccccc1)/C(=C\C=C\c1ccccc1)NC(=O)c1ccccc1. The molecule has 0 spiro atoms. The minimum Gasteiger partial charge on any atom is -0.350 e. The molecule has 0 aliphatic rings. The number of carbonyl (C=O) groups excluding carboxylic acids is 2. The third kappa shape index (κ3) is 6.60. The minimum absolute atomic E-state index is 0.198. The highest BCUT2D eigenvalue weighted by atomic mass is 16.2. The van der Waals surface area contributed by atoms with Crippen LogP contribution in [0.5, 0.6) is 0 Å². The fourth-order valence-electron chi connectivity index (χ4n) is 2.84. The van der Waals surface area contributed by atoms with Gasteiger partial charge in [0.15, 0.2) is 0 Å². The van der Waals surface area contributed by atoms with E-state index in [1.165, 1.54) is 0 Å². The lowest BCUT2D eigenvalue weighted by Gasteiger charge is -2.10. The lowest BCUT2D eigenvalue weighted by atomic mass is 10.1. The molecule has 0 heterocycles. The van der Waals surface area contributed by atoms with E-state index in [1.807, 2.05) is 72.8 Å². The van der Waals surface area contributed by atoms with Crippen LogP contribution in [0.15, 0.2) is 109 Å². The predicted molar refractivity (Wildman–Crippen MR) is 121 cm³/mol. The van der Waals surface area contributed by atoms with Crippen LogP contribution < -0.4 is 10.6 Å². The van der Waals surface area contributed by atoms with Crippen LogP contribution in [-0.2, 0) is 11.2 Å². The molecule has 0 unspecified atom stereocenters. The summed E-state index contributed by atoms with van der Waals surface area (Å²) in [5.74, 6) is -0.652. The summed E-state index contributed by atoms with van der Waals surface area (Å²) in [4.78, 5) is 25.2. The average molecular weight is 396 g/mol. The molecule has 2 amide bonds. The van der Waals surface area contributed by atoms with Crippen molar-refractivity contribution < 1.29 is 9.59 Å². The van der Waals surface area contributed by atoms with E-state index in [4.69, 9.17) is 0 Å². The molecule has 0 saturated heterocycles. The maximum atomic E-state index is 12.7. The van der Waals surface area contributed by atoms with Gasteiger partial charge in [-0.25, -0.2) is 0 Å². The Morgan fingerprint density at radius 3 is 2.03 bits per heavy atom. The Labute approximate surface area is 177 Å². The highest BCUT2D eigenvalue weighted by Gasteiger charge is 2.13. The zero-order chi connectivity index (χ0) is 21.0. The molecular formula is C26H24N2O2. The highest BCUT2D eigenvalue weighted by Crippen LogP contribution is 2.04. The first-order valence-electron chi connectivity index (χ1n) is 9.84. The van der Waals surface area contributed by atoms with Gasteiger partial charge in [-0.05, 0) is 35.8 Å². The van der Waals surface area contributed by atoms with Crippen molar-refractivity contribution in [1.29, 1.82) is 0 Å². The van der Waals surface area contributed by atoms with E-state index in [-0.39, 0.29) is 17.5 Å². The Balaban J connectivity index is 1.68. The maximum absolute atomic E-state index is 12.7. The van der Waals surface area contributed by atoms with Gasteiger partial charge in [0, 0.05) is 12.1 Å². The monoisotopic (exact) mass is 396 g/mol. The van der Waals surface area contributed by atoms with Crippen LogP contribution in [-0.4, -0.2) is 18.4 Å². The predicted octanol–water partition coefficient (Wildman–Crippen LogP) is 4.37. The summed E-state index contributed by atoms with van der Waals surface area (Å²) in [6, 6.07) is 28.5. The van der Waals surface area contributed by atoms with Crippen LogP contribution in [0.2, 0.25) is 0 Å². The van der Waals surface area contributed by atoms with Crippen LogP contribution in [0, 0.1) is 0 Å². The number of benzene rings is 3. The van der Waals surface area contributed by atoms with Crippen molar-refractivity contribution in [2.24, 2.45) is 0 Å². The standard InChI is InChI=1S/C26H24N2O2/c29-25(23-16-8-3-9-17-23)28-24(18-10-15-21-11-4-1-5-12-21)26(30)27-20-19-22-13-6-2-7-14-22/h1-18H,19-20H2,(H,27,30)(H,28,29)/b15-10+,24-18+. The molecule has 3 aromatic rings. The van der Waals surface area contributed by atoms with E-state index in [2.05, 4.69) is 10.6 Å². The lowest BCUT2D eigenvalue weighted by molar-refractivity contribution is -0.117. The molecule has 0 aliphatic carbocycles. The third-order valence-electron chi connectivity index (χ3n) is 4.42. The first kappa shape index (κ1) is 20.8. The smallest absolute Gasteiger partial charge is 0.267 e. The molecule has 0 atom stereocenters. The molecule has 3 rings (SSSR count). The lowest BCUT2D eigenvalue weighted by Crippen LogP contribution is -2.35. The number of amides is 2. The molecule has 0 saturated carbocycles. The molecule has 3 aromatic carbocycles. The van der Waals surface area contributed by atoms with Crippen LogP contribution in [0.25, 0.3) is 6.08 Å². The van der Waals surface area contributed by atoms with Crippen molar-refractivity contribution in [3.63, 3.8) is 0 Å². The molecule has 150 valence electrons. The summed E-state index contributed by atoms with van der Waals surface area (Å²) in [5, 5.41) is 5.61. The molecule has 0 aromatic heterocycles. The quantitative estimate of drug-likeness (QED) is 0.439. The summed E-state index contributed by atoms with van der Waals surface area (Å²) in [5.41, 5.74) is 2.84. The number of hydrogen-bond donors (Lipinski definition) is 2. The number of allylic oxidation sites excluding steroid dienone is 2. The maximum Gasteiger partial charge on any atom is 0.267 e. The summed E-state index contributed by atoms with van der Waals surface area (Å²) in [6.07, 6.45) is 5.97. The Morgan fingerprint density at radius 2 is 1.37 bits per heavy atom. The molecule has 2 N–H and O–H groups in total. The second kappa shape index (κ2) is 11.2. The van der Waals surface area contributed by atoms with Crippen LogP contribution >= 0.6 is 0 Å². The van der Waals surface area contributed by atoms with Gasteiger partial charge in [0.2, 0.25) is 0 Å². The van der Waals surface area contributed by atoms with Crippen LogP contribution in [0.3, 0.4) is 0 Å². The number of hydrogen-bond acceptors (Lipinski definition) is 2. The van der Waals surface area contributed by atoms with E-state index < -0.39 is 0 Å². The summed E-state index contributed by atoms with van der Waals surface area (Å²) in [7, 11) is 0. The molecule has 0 radical (unpaired) electrons. The van der Waals surface area contributed by atoms with E-state index in [0.717, 1.165) is 11.1 Å². The van der Waals surface area contributed by atoms with Gasteiger partial charge in [-0.15, -0.1) is 0 Å². The molecule has 0 fully saturated rings. The van der Waals surface area contributed by atoms with Gasteiger partial charge in [0.1, 0.15) is 5.70 Å². The first-order valence-corrected chi connectivity index (χ1v) is 9.84. The van der Waals surface area contributed by atoms with Crippen molar-refractivity contribution in [2.75, 3.05) is 6.54 Å². The van der Waals surface area contributed by atoms with Gasteiger partial charge in [0.05, 0.1) is 0 Å². The Bertz CT molecular complexity index is 1010. The summed E-state index contributed by atoms with van der Waals surface area (Å²) < 4.78 is 0. The zero-order valence-corrected chi connectivity index (χ0v) is 16.6. The van der Waals surface area contributed by atoms with E-state index in [1.54, 1.807) is 36.4 Å². The molecule has 30 heavy (non-hydrogen) atoms. The number of carbonyl (C=O) groups is 2. The van der Waals surface area contributed by atoms with Crippen molar-refractivity contribution in [2.45, 2.75) is 6.42 Å². The van der Waals surface area contributed by atoms with Gasteiger partial charge in [-0.2, -0.15) is 0 Å². The Hall–Kier alpha value is -3.92. The molecule has 0 bridgehead atoms. The molecule has 4 heteroatoms. The topological polar surface area (TPSA) is 58.2 Å². The summed E-state index contributed by atoms with van der Waals surface area (Å²) in [6.45, 7) is 0.476. The number of rotatable bonds is 8. The fourth-order valence-corrected chi connectivity index (χ4v) is 2.84. The zero-order valence-electron chi connectivity index (χ0n) is 16.6. The molecule has 0 aliphatic heterocycles.